The van der Waals surface area contributed by atoms with Gasteiger partial charge in [0.1, 0.15) is 23.1 Å². The Morgan fingerprint density at radius 2 is 1.44 bits per heavy atom. The van der Waals surface area contributed by atoms with Gasteiger partial charge >= 0.3 is 0 Å². The van der Waals surface area contributed by atoms with Crippen molar-refractivity contribution in [2.75, 3.05) is 4.72 Å². The minimum Gasteiger partial charge on any atom is -0.457 e. The van der Waals surface area contributed by atoms with E-state index in [1.165, 1.54) is 12.1 Å². The fourth-order valence-electron chi connectivity index (χ4n) is 3.34. The van der Waals surface area contributed by atoms with Gasteiger partial charge in [-0.05, 0) is 73.7 Å². The molecule has 0 bridgehead atoms. The van der Waals surface area contributed by atoms with E-state index in [0.29, 0.717) is 40.5 Å². The highest BCUT2D eigenvalue weighted by atomic mass is 32.2. The van der Waals surface area contributed by atoms with Gasteiger partial charge in [0.2, 0.25) is 5.88 Å². The van der Waals surface area contributed by atoms with Crippen LogP contribution in [0.4, 0.5) is 5.69 Å². The molecular weight excluding hydrogens is 478 g/mol. The highest BCUT2D eigenvalue weighted by Gasteiger charge is 2.15. The molecule has 0 fully saturated rings. The molecule has 0 aliphatic rings. The van der Waals surface area contributed by atoms with Crippen LogP contribution in [0.5, 0.6) is 23.1 Å². The Morgan fingerprint density at radius 1 is 0.778 bits per heavy atom. The van der Waals surface area contributed by atoms with Crippen LogP contribution in [0.25, 0.3) is 5.82 Å². The average molecular weight is 500 g/mol. The number of para-hydroxylation sites is 1. The third-order valence-electron chi connectivity index (χ3n) is 4.98. The second kappa shape index (κ2) is 9.88. The number of nitrogens with zero attached hydrogens (tertiary/aromatic N) is 4. The molecule has 1 N–H and O–H groups in total. The largest absolute Gasteiger partial charge is 0.457 e. The predicted molar refractivity (Wildman–Crippen MR) is 134 cm³/mol. The Kier molecular flexibility index (Phi) is 6.33. The summed E-state index contributed by atoms with van der Waals surface area (Å²) >= 11 is 0. The SMILES string of the molecule is Cc1nc(Oc2ccc(NS(=O)(=O)c3ccc(Oc4ccccc4)cc3)cc2)cc(-n2cccn2)n1. The average Bonchev–Trinajstić information content (AvgIpc) is 3.41. The van der Waals surface area contributed by atoms with Gasteiger partial charge in [-0.1, -0.05) is 18.2 Å². The molecule has 5 aromatic rings. The summed E-state index contributed by atoms with van der Waals surface area (Å²) in [6.07, 6.45) is 3.43. The topological polar surface area (TPSA) is 108 Å². The molecule has 10 heteroatoms. The molecule has 0 atom stereocenters. The molecule has 0 aliphatic carbocycles. The van der Waals surface area contributed by atoms with Crippen molar-refractivity contribution in [3.8, 4) is 28.9 Å². The van der Waals surface area contributed by atoms with E-state index in [-0.39, 0.29) is 4.90 Å². The first-order chi connectivity index (χ1) is 17.4. The van der Waals surface area contributed by atoms with E-state index in [0.717, 1.165) is 0 Å². The zero-order valence-electron chi connectivity index (χ0n) is 19.1. The van der Waals surface area contributed by atoms with Gasteiger partial charge in [0.15, 0.2) is 5.82 Å². The van der Waals surface area contributed by atoms with Crippen molar-refractivity contribution in [2.45, 2.75) is 11.8 Å². The number of benzene rings is 3. The number of nitrogens with one attached hydrogen (secondary N) is 1. The Hall–Kier alpha value is -4.70. The van der Waals surface area contributed by atoms with Gasteiger partial charge < -0.3 is 9.47 Å². The molecule has 0 radical (unpaired) electrons. The van der Waals surface area contributed by atoms with Crippen LogP contribution >= 0.6 is 0 Å². The Bertz CT molecular complexity index is 1560. The second-order valence-electron chi connectivity index (χ2n) is 7.68. The normalized spacial score (nSPS) is 11.1. The van der Waals surface area contributed by atoms with Crippen molar-refractivity contribution in [1.82, 2.24) is 19.7 Å². The summed E-state index contributed by atoms with van der Waals surface area (Å²) in [5, 5.41) is 4.17. The molecule has 180 valence electrons. The van der Waals surface area contributed by atoms with E-state index in [4.69, 9.17) is 9.47 Å². The van der Waals surface area contributed by atoms with Crippen molar-refractivity contribution in [3.63, 3.8) is 0 Å². The van der Waals surface area contributed by atoms with Gasteiger partial charge in [0.25, 0.3) is 10.0 Å². The van der Waals surface area contributed by atoms with E-state index in [2.05, 4.69) is 19.8 Å². The zero-order valence-corrected chi connectivity index (χ0v) is 20.0. The van der Waals surface area contributed by atoms with Crippen LogP contribution in [-0.4, -0.2) is 28.2 Å². The van der Waals surface area contributed by atoms with E-state index in [9.17, 15) is 8.42 Å². The number of anilines is 1. The number of hydrogen-bond acceptors (Lipinski definition) is 7. The number of hydrogen-bond donors (Lipinski definition) is 1. The van der Waals surface area contributed by atoms with Crippen LogP contribution in [0.1, 0.15) is 5.82 Å². The molecule has 3 aromatic carbocycles. The van der Waals surface area contributed by atoms with Crippen LogP contribution in [0.2, 0.25) is 0 Å². The first-order valence-corrected chi connectivity index (χ1v) is 12.4. The van der Waals surface area contributed by atoms with Gasteiger partial charge in [0, 0.05) is 24.1 Å². The van der Waals surface area contributed by atoms with Crippen LogP contribution in [0.15, 0.2) is 108 Å². The lowest BCUT2D eigenvalue weighted by Crippen LogP contribution is -2.12. The summed E-state index contributed by atoms with van der Waals surface area (Å²) in [7, 11) is -3.79. The van der Waals surface area contributed by atoms with Crippen LogP contribution in [0, 0.1) is 6.92 Å². The minimum atomic E-state index is -3.79. The van der Waals surface area contributed by atoms with Crippen molar-refractivity contribution in [2.24, 2.45) is 0 Å². The standard InChI is InChI=1S/C26H21N5O4S/c1-19-28-25(31-17-5-16-27-31)18-26(29-19)35-23-10-8-20(9-11-23)30-36(32,33)24-14-12-22(13-15-24)34-21-6-3-2-4-7-21/h2-18,30H,1H3. The number of sulfonamides is 1. The third kappa shape index (κ3) is 5.50. The van der Waals surface area contributed by atoms with E-state index in [1.807, 2.05) is 30.3 Å². The number of aromatic nitrogens is 4. The summed E-state index contributed by atoms with van der Waals surface area (Å²) in [5.74, 6) is 3.15. The summed E-state index contributed by atoms with van der Waals surface area (Å²) in [5.41, 5.74) is 0.392. The molecule has 2 aromatic heterocycles. The Morgan fingerprint density at radius 3 is 2.14 bits per heavy atom. The molecule has 0 spiro atoms. The molecule has 0 saturated heterocycles. The molecule has 9 nitrogen and oxygen atoms in total. The molecule has 5 rings (SSSR count). The zero-order chi connectivity index (χ0) is 25.0. The highest BCUT2D eigenvalue weighted by Crippen LogP contribution is 2.26. The molecule has 0 aliphatic heterocycles. The van der Waals surface area contributed by atoms with Crippen LogP contribution < -0.4 is 14.2 Å². The number of rotatable bonds is 8. The Balaban J connectivity index is 1.25. The fourth-order valence-corrected chi connectivity index (χ4v) is 4.40. The van der Waals surface area contributed by atoms with Gasteiger partial charge in [-0.25, -0.2) is 18.1 Å². The summed E-state index contributed by atoms with van der Waals surface area (Å²) < 4.78 is 41.4. The Labute approximate surface area is 208 Å². The van der Waals surface area contributed by atoms with Crippen molar-refractivity contribution in [1.29, 1.82) is 0 Å². The maximum atomic E-state index is 12.8. The predicted octanol–water partition coefficient (Wildman–Crippen LogP) is 5.36. The van der Waals surface area contributed by atoms with E-state index in [1.54, 1.807) is 72.5 Å². The molecule has 2 heterocycles. The van der Waals surface area contributed by atoms with E-state index < -0.39 is 10.0 Å². The molecule has 36 heavy (non-hydrogen) atoms. The maximum absolute atomic E-state index is 12.8. The summed E-state index contributed by atoms with van der Waals surface area (Å²) in [4.78, 5) is 8.77. The number of ether oxygens (including phenoxy) is 2. The van der Waals surface area contributed by atoms with E-state index >= 15 is 0 Å². The van der Waals surface area contributed by atoms with Crippen LogP contribution in [0.3, 0.4) is 0 Å². The maximum Gasteiger partial charge on any atom is 0.261 e. The highest BCUT2D eigenvalue weighted by molar-refractivity contribution is 7.92. The lowest BCUT2D eigenvalue weighted by Gasteiger charge is -2.11. The lowest BCUT2D eigenvalue weighted by molar-refractivity contribution is 0.459. The minimum absolute atomic E-state index is 0.117. The number of aryl methyl sites for hydroxylation is 1. The molecular formula is C26H21N5O4S. The first kappa shape index (κ1) is 23.1. The monoisotopic (exact) mass is 499 g/mol. The second-order valence-corrected chi connectivity index (χ2v) is 9.36. The third-order valence-corrected chi connectivity index (χ3v) is 6.38. The van der Waals surface area contributed by atoms with Crippen molar-refractivity contribution in [3.05, 3.63) is 109 Å². The van der Waals surface area contributed by atoms with Crippen LogP contribution in [-0.2, 0) is 10.0 Å². The molecule has 0 amide bonds. The fraction of sp³-hybridized carbons (Fsp3) is 0.0385. The quantitative estimate of drug-likeness (QED) is 0.306. The van der Waals surface area contributed by atoms with Gasteiger partial charge in [-0.3, -0.25) is 4.72 Å². The summed E-state index contributed by atoms with van der Waals surface area (Å²) in [6.45, 7) is 1.76. The summed E-state index contributed by atoms with van der Waals surface area (Å²) in [6, 6.07) is 25.5. The van der Waals surface area contributed by atoms with Gasteiger partial charge in [0.05, 0.1) is 4.90 Å². The molecule has 0 unspecified atom stereocenters. The van der Waals surface area contributed by atoms with Gasteiger partial charge in [-0.2, -0.15) is 10.1 Å². The van der Waals surface area contributed by atoms with Gasteiger partial charge in [-0.15, -0.1) is 0 Å². The molecule has 0 saturated carbocycles. The van der Waals surface area contributed by atoms with Crippen molar-refractivity contribution < 1.29 is 17.9 Å². The lowest BCUT2D eigenvalue weighted by atomic mass is 10.3. The smallest absolute Gasteiger partial charge is 0.261 e. The van der Waals surface area contributed by atoms with Crippen molar-refractivity contribution >= 4 is 15.7 Å². The first-order valence-electron chi connectivity index (χ1n) is 10.9.